The van der Waals surface area contributed by atoms with Gasteiger partial charge in [0.2, 0.25) is 11.7 Å². The van der Waals surface area contributed by atoms with Gasteiger partial charge in [-0.05, 0) is 20.8 Å². The van der Waals surface area contributed by atoms with Gasteiger partial charge in [0, 0.05) is 19.0 Å². The molecule has 0 spiro atoms. The highest BCUT2D eigenvalue weighted by molar-refractivity contribution is 5.76. The van der Waals surface area contributed by atoms with Crippen molar-refractivity contribution in [1.82, 2.24) is 15.8 Å². The van der Waals surface area contributed by atoms with Gasteiger partial charge in [0.1, 0.15) is 11.3 Å². The van der Waals surface area contributed by atoms with Crippen LogP contribution in [0.4, 0.5) is 18.0 Å². The number of carbonyl (C=O) groups is 2. The second kappa shape index (κ2) is 7.34. The van der Waals surface area contributed by atoms with Crippen LogP contribution in [0.3, 0.4) is 0 Å². The Kier molecular flexibility index (Phi) is 5.99. The van der Waals surface area contributed by atoms with Gasteiger partial charge >= 0.3 is 12.3 Å². The highest BCUT2D eigenvalue weighted by Gasteiger charge is 2.36. The Labute approximate surface area is 130 Å². The van der Waals surface area contributed by atoms with E-state index in [4.69, 9.17) is 4.74 Å². The van der Waals surface area contributed by atoms with Gasteiger partial charge < -0.3 is 19.9 Å². The third kappa shape index (κ3) is 7.52. The molecule has 0 aromatic carbocycles. The van der Waals surface area contributed by atoms with Crippen LogP contribution in [-0.4, -0.2) is 29.3 Å². The molecule has 1 aromatic heterocycles. The van der Waals surface area contributed by atoms with E-state index in [2.05, 4.69) is 20.3 Å². The number of hydrogen-bond donors (Lipinski definition) is 2. The van der Waals surface area contributed by atoms with E-state index < -0.39 is 29.5 Å². The molecular weight excluding hydrogens is 319 g/mol. The molecule has 7 nitrogen and oxygen atoms in total. The van der Waals surface area contributed by atoms with Crippen molar-refractivity contribution in [3.8, 4) is 0 Å². The molecule has 1 rings (SSSR count). The molecule has 0 unspecified atom stereocenters. The van der Waals surface area contributed by atoms with Crippen molar-refractivity contribution in [2.24, 2.45) is 0 Å². The first kappa shape index (κ1) is 18.8. The molecule has 0 saturated heterocycles. The number of alkyl carbamates (subject to hydrolysis) is 1. The van der Waals surface area contributed by atoms with Crippen LogP contribution in [0.15, 0.2) is 10.6 Å². The van der Waals surface area contributed by atoms with Gasteiger partial charge in [-0.1, -0.05) is 5.16 Å². The zero-order valence-corrected chi connectivity index (χ0v) is 12.9. The van der Waals surface area contributed by atoms with Gasteiger partial charge in [-0.25, -0.2) is 4.79 Å². The third-order valence-electron chi connectivity index (χ3n) is 2.33. The molecule has 0 aliphatic rings. The fourth-order valence-corrected chi connectivity index (χ4v) is 1.40. The number of nitrogens with one attached hydrogen (secondary N) is 2. The largest absolute Gasteiger partial charge is 0.452 e. The number of carbonyl (C=O) groups excluding carboxylic acids is 2. The van der Waals surface area contributed by atoms with E-state index >= 15 is 0 Å². The van der Waals surface area contributed by atoms with E-state index in [1.54, 1.807) is 20.8 Å². The molecule has 0 atom stereocenters. The van der Waals surface area contributed by atoms with Crippen LogP contribution >= 0.6 is 0 Å². The van der Waals surface area contributed by atoms with Crippen molar-refractivity contribution < 1.29 is 32.0 Å². The number of amides is 2. The molecule has 2 amide bonds. The lowest BCUT2D eigenvalue weighted by molar-refractivity contribution is -0.155. The summed E-state index contributed by atoms with van der Waals surface area (Å²) in [5, 5.41) is 7.96. The molecule has 1 heterocycles. The summed E-state index contributed by atoms with van der Waals surface area (Å²) in [7, 11) is 0. The standard InChI is InChI=1S/C13H18F3N3O4/c1-12(2,3)22-11(21)17-5-4-10(20)18-7-8-6-9(23-19-8)13(14,15)16/h6H,4-5,7H2,1-3H3,(H,17,21)(H,18,20). The number of halogens is 3. The Bertz CT molecular complexity index is 549. The number of hydrogen-bond acceptors (Lipinski definition) is 5. The third-order valence-corrected chi connectivity index (χ3v) is 2.33. The molecule has 10 heteroatoms. The van der Waals surface area contributed by atoms with Crippen molar-refractivity contribution in [3.05, 3.63) is 17.5 Å². The summed E-state index contributed by atoms with van der Waals surface area (Å²) in [6, 6.07) is 0.708. The van der Waals surface area contributed by atoms with Crippen LogP contribution in [0.25, 0.3) is 0 Å². The molecule has 23 heavy (non-hydrogen) atoms. The molecule has 0 aliphatic heterocycles. The van der Waals surface area contributed by atoms with E-state index in [-0.39, 0.29) is 25.2 Å². The monoisotopic (exact) mass is 337 g/mol. The molecule has 0 fully saturated rings. The van der Waals surface area contributed by atoms with Crippen molar-refractivity contribution in [2.75, 3.05) is 6.54 Å². The minimum atomic E-state index is -4.62. The quantitative estimate of drug-likeness (QED) is 0.859. The van der Waals surface area contributed by atoms with E-state index in [0.717, 1.165) is 0 Å². The van der Waals surface area contributed by atoms with Crippen LogP contribution in [0, 0.1) is 0 Å². The molecule has 0 saturated carbocycles. The summed E-state index contributed by atoms with van der Waals surface area (Å²) in [5.41, 5.74) is -0.694. The first-order chi connectivity index (χ1) is 10.5. The number of alkyl halides is 3. The predicted molar refractivity (Wildman–Crippen MR) is 72.2 cm³/mol. The Morgan fingerprint density at radius 2 is 1.91 bits per heavy atom. The Hall–Kier alpha value is -2.26. The maximum Gasteiger partial charge on any atom is 0.452 e. The summed E-state index contributed by atoms with van der Waals surface area (Å²) in [5.74, 6) is -1.69. The summed E-state index contributed by atoms with van der Waals surface area (Å²) in [6.45, 7) is 4.93. The van der Waals surface area contributed by atoms with Crippen molar-refractivity contribution in [1.29, 1.82) is 0 Å². The van der Waals surface area contributed by atoms with Crippen molar-refractivity contribution in [3.63, 3.8) is 0 Å². The lowest BCUT2D eigenvalue weighted by atomic mass is 10.2. The number of rotatable bonds is 5. The number of aromatic nitrogens is 1. The molecular formula is C13H18F3N3O4. The zero-order valence-electron chi connectivity index (χ0n) is 12.9. The van der Waals surface area contributed by atoms with Crippen molar-refractivity contribution in [2.45, 2.75) is 45.5 Å². The number of nitrogens with zero attached hydrogens (tertiary/aromatic N) is 1. The Balaban J connectivity index is 2.27. The van der Waals surface area contributed by atoms with Gasteiger partial charge in [0.05, 0.1) is 6.54 Å². The second-order valence-electron chi connectivity index (χ2n) is 5.64. The van der Waals surface area contributed by atoms with E-state index in [1.807, 2.05) is 0 Å². The van der Waals surface area contributed by atoms with Gasteiger partial charge in [0.25, 0.3) is 0 Å². The highest BCUT2D eigenvalue weighted by Crippen LogP contribution is 2.29. The molecule has 0 bridgehead atoms. The maximum atomic E-state index is 12.3. The molecule has 0 aliphatic carbocycles. The summed E-state index contributed by atoms with van der Waals surface area (Å²) < 4.78 is 46.0. The zero-order chi connectivity index (χ0) is 17.7. The number of ether oxygens (including phenoxy) is 1. The molecule has 0 radical (unpaired) electrons. The van der Waals surface area contributed by atoms with Gasteiger partial charge in [0.15, 0.2) is 0 Å². The SMILES string of the molecule is CC(C)(C)OC(=O)NCCC(=O)NCc1cc(C(F)(F)F)on1. The van der Waals surface area contributed by atoms with Crippen LogP contribution in [0.1, 0.15) is 38.6 Å². The fourth-order valence-electron chi connectivity index (χ4n) is 1.40. The lowest BCUT2D eigenvalue weighted by Crippen LogP contribution is -2.35. The molecule has 1 aromatic rings. The highest BCUT2D eigenvalue weighted by atomic mass is 19.4. The average Bonchev–Trinajstić information content (AvgIpc) is 2.82. The first-order valence-corrected chi connectivity index (χ1v) is 6.74. The van der Waals surface area contributed by atoms with E-state index in [1.165, 1.54) is 0 Å². The normalized spacial score (nSPS) is 11.9. The van der Waals surface area contributed by atoms with Gasteiger partial charge in [-0.15, -0.1) is 0 Å². The van der Waals surface area contributed by atoms with Crippen LogP contribution < -0.4 is 10.6 Å². The fraction of sp³-hybridized carbons (Fsp3) is 0.615. The molecule has 2 N–H and O–H groups in total. The minimum Gasteiger partial charge on any atom is -0.444 e. The molecule has 130 valence electrons. The summed E-state index contributed by atoms with van der Waals surface area (Å²) in [6.07, 6.45) is -5.33. The van der Waals surface area contributed by atoms with Gasteiger partial charge in [-0.3, -0.25) is 4.79 Å². The van der Waals surface area contributed by atoms with E-state index in [0.29, 0.717) is 6.07 Å². The topological polar surface area (TPSA) is 93.5 Å². The Morgan fingerprint density at radius 1 is 1.26 bits per heavy atom. The summed E-state index contributed by atoms with van der Waals surface area (Å²) >= 11 is 0. The average molecular weight is 337 g/mol. The van der Waals surface area contributed by atoms with E-state index in [9.17, 15) is 22.8 Å². The van der Waals surface area contributed by atoms with Crippen LogP contribution in [0.5, 0.6) is 0 Å². The van der Waals surface area contributed by atoms with Crippen molar-refractivity contribution >= 4 is 12.0 Å². The first-order valence-electron chi connectivity index (χ1n) is 6.74. The lowest BCUT2D eigenvalue weighted by Gasteiger charge is -2.19. The van der Waals surface area contributed by atoms with Gasteiger partial charge in [-0.2, -0.15) is 13.2 Å². The minimum absolute atomic E-state index is 0.0351. The predicted octanol–water partition coefficient (Wildman–Crippen LogP) is 2.22. The summed E-state index contributed by atoms with van der Waals surface area (Å²) in [4.78, 5) is 22.8. The Morgan fingerprint density at radius 3 is 2.43 bits per heavy atom. The maximum absolute atomic E-state index is 12.3. The smallest absolute Gasteiger partial charge is 0.444 e. The van der Waals surface area contributed by atoms with Crippen LogP contribution in [0.2, 0.25) is 0 Å². The van der Waals surface area contributed by atoms with Crippen LogP contribution in [-0.2, 0) is 22.3 Å². The second-order valence-corrected chi connectivity index (χ2v) is 5.64.